The summed E-state index contributed by atoms with van der Waals surface area (Å²) in [5.41, 5.74) is 0.838. The van der Waals surface area contributed by atoms with E-state index in [2.05, 4.69) is 20.8 Å². The van der Waals surface area contributed by atoms with E-state index in [9.17, 15) is 9.59 Å². The number of nitrogens with zero attached hydrogens (tertiary/aromatic N) is 2. The third kappa shape index (κ3) is 4.67. The largest absolute Gasteiger partial charge is 0.481 e. The lowest BCUT2D eigenvalue weighted by atomic mass is 9.86. The Hall–Kier alpha value is -2.19. The average Bonchev–Trinajstić information content (AvgIpc) is 3.03. The Morgan fingerprint density at radius 3 is 2.64 bits per heavy atom. The van der Waals surface area contributed by atoms with Crippen molar-refractivity contribution in [3.8, 4) is 10.6 Å². The van der Waals surface area contributed by atoms with Crippen LogP contribution in [0.25, 0.3) is 10.6 Å². The van der Waals surface area contributed by atoms with Gasteiger partial charge in [0.1, 0.15) is 5.01 Å². The molecule has 1 aromatic carbocycles. The third-order valence-electron chi connectivity index (χ3n) is 4.13. The Bertz CT molecular complexity index is 774. The van der Waals surface area contributed by atoms with Crippen molar-refractivity contribution in [1.82, 2.24) is 15.5 Å². The summed E-state index contributed by atoms with van der Waals surface area (Å²) in [6.45, 7) is 0. The second-order valence-corrected chi connectivity index (χ2v) is 7.32. The van der Waals surface area contributed by atoms with Gasteiger partial charge in [-0.25, -0.2) is 4.79 Å². The summed E-state index contributed by atoms with van der Waals surface area (Å²) in [4.78, 5) is 23.0. The van der Waals surface area contributed by atoms with Crippen molar-refractivity contribution in [3.05, 3.63) is 29.3 Å². The van der Waals surface area contributed by atoms with Gasteiger partial charge in [-0.2, -0.15) is 0 Å². The van der Waals surface area contributed by atoms with E-state index >= 15 is 0 Å². The number of amides is 2. The van der Waals surface area contributed by atoms with Gasteiger partial charge < -0.3 is 10.4 Å². The maximum Gasteiger partial charge on any atom is 0.321 e. The van der Waals surface area contributed by atoms with Crippen molar-refractivity contribution in [3.63, 3.8) is 0 Å². The second kappa shape index (κ2) is 7.79. The Labute approximate surface area is 153 Å². The highest BCUT2D eigenvalue weighted by molar-refractivity contribution is 7.18. The van der Waals surface area contributed by atoms with Crippen LogP contribution < -0.4 is 10.6 Å². The first-order valence-corrected chi connectivity index (χ1v) is 9.10. The lowest BCUT2D eigenvalue weighted by molar-refractivity contribution is -0.142. The first-order valence-electron chi connectivity index (χ1n) is 7.91. The summed E-state index contributed by atoms with van der Waals surface area (Å²) in [5.74, 6) is -1.06. The van der Waals surface area contributed by atoms with Crippen LogP contribution >= 0.6 is 22.9 Å². The smallest absolute Gasteiger partial charge is 0.321 e. The number of halogens is 1. The van der Waals surface area contributed by atoms with E-state index in [0.717, 1.165) is 5.56 Å². The van der Waals surface area contributed by atoms with Crippen LogP contribution in [0, 0.1) is 5.92 Å². The Kier molecular flexibility index (Phi) is 5.50. The lowest BCUT2D eigenvalue weighted by Crippen LogP contribution is -2.40. The number of hydrogen-bond acceptors (Lipinski definition) is 5. The molecule has 0 spiro atoms. The topological polar surface area (TPSA) is 104 Å². The van der Waals surface area contributed by atoms with Gasteiger partial charge in [-0.1, -0.05) is 35.1 Å². The number of carbonyl (C=O) groups excluding carboxylic acids is 1. The standard InChI is InChI=1S/C16H17ClN4O3S/c17-11-3-1-2-10(8-11)13-20-21-16(25-13)19-15(24)18-12-6-4-9(5-7-12)14(22)23/h1-3,8-9,12H,4-7H2,(H,22,23)(H2,18,19,21,24). The van der Waals surface area contributed by atoms with Crippen molar-refractivity contribution >= 4 is 40.1 Å². The average molecular weight is 381 g/mol. The SMILES string of the molecule is O=C(Nc1nnc(-c2cccc(Cl)c2)s1)NC1CCC(C(=O)O)CC1. The first-order chi connectivity index (χ1) is 12.0. The molecule has 1 aliphatic carbocycles. The maximum absolute atomic E-state index is 12.1. The van der Waals surface area contributed by atoms with E-state index < -0.39 is 5.97 Å². The zero-order valence-electron chi connectivity index (χ0n) is 13.2. The van der Waals surface area contributed by atoms with Crippen LogP contribution in [-0.4, -0.2) is 33.3 Å². The van der Waals surface area contributed by atoms with Crippen LogP contribution in [0.4, 0.5) is 9.93 Å². The number of nitrogens with one attached hydrogen (secondary N) is 2. The summed E-state index contributed by atoms with van der Waals surface area (Å²) in [7, 11) is 0. The molecular formula is C16H17ClN4O3S. The number of rotatable bonds is 4. The molecule has 1 saturated carbocycles. The highest BCUT2D eigenvalue weighted by atomic mass is 35.5. The molecule has 0 radical (unpaired) electrons. The molecule has 25 heavy (non-hydrogen) atoms. The molecule has 0 bridgehead atoms. The van der Waals surface area contributed by atoms with Gasteiger partial charge in [0.25, 0.3) is 0 Å². The van der Waals surface area contributed by atoms with E-state index in [-0.39, 0.29) is 18.0 Å². The maximum atomic E-state index is 12.1. The Morgan fingerprint density at radius 1 is 1.20 bits per heavy atom. The molecule has 132 valence electrons. The molecule has 0 saturated heterocycles. The molecule has 0 aliphatic heterocycles. The number of anilines is 1. The summed E-state index contributed by atoms with van der Waals surface area (Å²) >= 11 is 7.22. The zero-order valence-corrected chi connectivity index (χ0v) is 14.8. The fraction of sp³-hybridized carbons (Fsp3) is 0.375. The molecule has 2 amide bonds. The predicted octanol–water partition coefficient (Wildman–Crippen LogP) is 3.62. The van der Waals surface area contributed by atoms with E-state index in [0.29, 0.717) is 40.8 Å². The monoisotopic (exact) mass is 380 g/mol. The van der Waals surface area contributed by atoms with Gasteiger partial charge in [0.2, 0.25) is 5.13 Å². The molecule has 1 aliphatic rings. The van der Waals surface area contributed by atoms with Gasteiger partial charge >= 0.3 is 12.0 Å². The van der Waals surface area contributed by atoms with Crippen molar-refractivity contribution in [2.45, 2.75) is 31.7 Å². The van der Waals surface area contributed by atoms with E-state index in [4.69, 9.17) is 16.7 Å². The number of carboxylic acid groups (broad SMARTS) is 1. The van der Waals surface area contributed by atoms with Gasteiger partial charge in [0, 0.05) is 16.6 Å². The molecule has 1 heterocycles. The van der Waals surface area contributed by atoms with Crippen LogP contribution in [-0.2, 0) is 4.79 Å². The van der Waals surface area contributed by atoms with Crippen LogP contribution in [0.1, 0.15) is 25.7 Å². The number of urea groups is 1. The first kappa shape index (κ1) is 17.6. The minimum absolute atomic E-state index is 0.0177. The Morgan fingerprint density at radius 2 is 1.96 bits per heavy atom. The predicted molar refractivity (Wildman–Crippen MR) is 95.9 cm³/mol. The molecule has 1 fully saturated rings. The zero-order chi connectivity index (χ0) is 17.8. The number of aromatic nitrogens is 2. The number of hydrogen-bond donors (Lipinski definition) is 3. The normalized spacial score (nSPS) is 20.0. The summed E-state index contributed by atoms with van der Waals surface area (Å²) in [6.07, 6.45) is 2.48. The minimum atomic E-state index is -0.759. The number of carbonyl (C=O) groups is 2. The van der Waals surface area contributed by atoms with Gasteiger partial charge in [0.05, 0.1) is 5.92 Å². The van der Waals surface area contributed by atoms with Crippen LogP contribution in [0.3, 0.4) is 0 Å². The fourth-order valence-electron chi connectivity index (χ4n) is 2.82. The minimum Gasteiger partial charge on any atom is -0.481 e. The lowest BCUT2D eigenvalue weighted by Gasteiger charge is -2.26. The van der Waals surface area contributed by atoms with Crippen molar-refractivity contribution < 1.29 is 14.7 Å². The van der Waals surface area contributed by atoms with Crippen molar-refractivity contribution in [1.29, 1.82) is 0 Å². The van der Waals surface area contributed by atoms with Crippen LogP contribution in [0.2, 0.25) is 5.02 Å². The second-order valence-electron chi connectivity index (χ2n) is 5.91. The molecule has 9 heteroatoms. The summed E-state index contributed by atoms with van der Waals surface area (Å²) in [6, 6.07) is 6.89. The highest BCUT2D eigenvalue weighted by Crippen LogP contribution is 2.28. The number of aliphatic carboxylic acids is 1. The van der Waals surface area contributed by atoms with Crippen molar-refractivity contribution in [2.75, 3.05) is 5.32 Å². The molecular weight excluding hydrogens is 364 g/mol. The fourth-order valence-corrected chi connectivity index (χ4v) is 3.74. The van der Waals surface area contributed by atoms with Gasteiger partial charge in [-0.05, 0) is 37.8 Å². The number of carboxylic acids is 1. The summed E-state index contributed by atoms with van der Waals surface area (Å²) in [5, 5.41) is 24.2. The molecule has 2 aromatic rings. The highest BCUT2D eigenvalue weighted by Gasteiger charge is 2.26. The quantitative estimate of drug-likeness (QED) is 0.751. The van der Waals surface area contributed by atoms with E-state index in [1.807, 2.05) is 12.1 Å². The van der Waals surface area contributed by atoms with Gasteiger partial charge in [-0.3, -0.25) is 10.1 Å². The molecule has 7 nitrogen and oxygen atoms in total. The number of benzene rings is 1. The molecule has 0 atom stereocenters. The summed E-state index contributed by atoms with van der Waals surface area (Å²) < 4.78 is 0. The van der Waals surface area contributed by atoms with Crippen LogP contribution in [0.15, 0.2) is 24.3 Å². The molecule has 0 unspecified atom stereocenters. The van der Waals surface area contributed by atoms with Crippen molar-refractivity contribution in [2.24, 2.45) is 5.92 Å². The van der Waals surface area contributed by atoms with Crippen LogP contribution in [0.5, 0.6) is 0 Å². The molecule has 1 aromatic heterocycles. The molecule has 3 rings (SSSR count). The molecule has 3 N–H and O–H groups in total. The van der Waals surface area contributed by atoms with E-state index in [1.165, 1.54) is 11.3 Å². The van der Waals surface area contributed by atoms with E-state index in [1.54, 1.807) is 12.1 Å². The third-order valence-corrected chi connectivity index (χ3v) is 5.25. The van der Waals surface area contributed by atoms with Gasteiger partial charge in [-0.15, -0.1) is 10.2 Å². The Balaban J connectivity index is 1.53. The van der Waals surface area contributed by atoms with Gasteiger partial charge in [0.15, 0.2) is 0 Å².